The van der Waals surface area contributed by atoms with Crippen LogP contribution in [0.15, 0.2) is 15.2 Å². The van der Waals surface area contributed by atoms with Crippen LogP contribution in [0, 0.1) is 0 Å². The molecule has 8 nitrogen and oxygen atoms in total. The molecule has 0 aliphatic heterocycles. The molecule has 1 aromatic heterocycles. The Bertz CT molecular complexity index is 637. The lowest BCUT2D eigenvalue weighted by molar-refractivity contribution is -0.135. The first kappa shape index (κ1) is 13.4. The highest BCUT2D eigenvalue weighted by atomic mass is 16.5. The number of rotatable bonds is 3. The second-order valence-corrected chi connectivity index (χ2v) is 3.32. The number of aromatic nitrogens is 2. The average molecular weight is 254 g/mol. The van der Waals surface area contributed by atoms with E-state index in [0.29, 0.717) is 0 Å². The van der Waals surface area contributed by atoms with Crippen molar-refractivity contribution in [3.8, 4) is 0 Å². The molecule has 0 aromatic carbocycles. The number of hydrogen-bond acceptors (Lipinski definition) is 5. The zero-order valence-corrected chi connectivity index (χ0v) is 9.57. The Morgan fingerprint density at radius 3 is 2.39 bits per heavy atom. The van der Waals surface area contributed by atoms with E-state index in [1.807, 2.05) is 9.97 Å². The molecule has 96 valence electrons. The molecule has 0 saturated heterocycles. The van der Waals surface area contributed by atoms with Gasteiger partial charge in [0.25, 0.3) is 5.56 Å². The fraction of sp³-hybridized carbons (Fsp3) is 0.200. The number of hydrogen-bond donors (Lipinski definition) is 3. The summed E-state index contributed by atoms with van der Waals surface area (Å²) >= 11 is 0. The van der Waals surface area contributed by atoms with Crippen LogP contribution < -0.4 is 11.2 Å². The van der Waals surface area contributed by atoms with Crippen molar-refractivity contribution in [2.45, 2.75) is 6.92 Å². The third kappa shape index (κ3) is 2.73. The lowest BCUT2D eigenvalue weighted by Crippen LogP contribution is -2.28. The van der Waals surface area contributed by atoms with E-state index in [2.05, 4.69) is 4.74 Å². The molecule has 3 N–H and O–H groups in total. The van der Waals surface area contributed by atoms with Gasteiger partial charge in [-0.2, -0.15) is 0 Å². The minimum absolute atomic E-state index is 0.0255. The fourth-order valence-electron chi connectivity index (χ4n) is 1.24. The van der Waals surface area contributed by atoms with Gasteiger partial charge in [-0.3, -0.25) is 9.78 Å². The molecule has 0 aliphatic carbocycles. The van der Waals surface area contributed by atoms with Crippen molar-refractivity contribution in [3.63, 3.8) is 0 Å². The number of carbonyl (C=O) groups is 2. The van der Waals surface area contributed by atoms with Crippen LogP contribution in [0.4, 0.5) is 0 Å². The molecule has 0 fully saturated rings. The van der Waals surface area contributed by atoms with Crippen molar-refractivity contribution in [1.29, 1.82) is 0 Å². The Kier molecular flexibility index (Phi) is 3.82. The van der Waals surface area contributed by atoms with Gasteiger partial charge in [-0.05, 0) is 13.0 Å². The van der Waals surface area contributed by atoms with Crippen molar-refractivity contribution < 1.29 is 19.4 Å². The van der Waals surface area contributed by atoms with Gasteiger partial charge in [-0.15, -0.1) is 0 Å². The van der Waals surface area contributed by atoms with Crippen LogP contribution in [0.1, 0.15) is 23.0 Å². The van der Waals surface area contributed by atoms with Crippen molar-refractivity contribution in [2.24, 2.45) is 0 Å². The lowest BCUT2D eigenvalue weighted by Gasteiger charge is -2.01. The predicted molar refractivity (Wildman–Crippen MR) is 60.3 cm³/mol. The molecule has 1 rings (SSSR count). The molecule has 0 atom stereocenters. The number of carbonyl (C=O) groups excluding carboxylic acids is 1. The molecule has 0 amide bonds. The van der Waals surface area contributed by atoms with Gasteiger partial charge in [0, 0.05) is 5.57 Å². The van der Waals surface area contributed by atoms with Crippen LogP contribution in [-0.2, 0) is 9.53 Å². The van der Waals surface area contributed by atoms with Gasteiger partial charge in [0.1, 0.15) is 5.69 Å². The monoisotopic (exact) mass is 254 g/mol. The van der Waals surface area contributed by atoms with Gasteiger partial charge >= 0.3 is 17.6 Å². The second kappa shape index (κ2) is 5.13. The summed E-state index contributed by atoms with van der Waals surface area (Å²) in [6.45, 7) is 1.35. The maximum atomic E-state index is 11.5. The quantitative estimate of drug-likeness (QED) is 0.485. The van der Waals surface area contributed by atoms with Gasteiger partial charge in [0.05, 0.1) is 12.7 Å². The minimum Gasteiger partial charge on any atom is -0.477 e. The molecule has 0 radical (unpaired) electrons. The van der Waals surface area contributed by atoms with Crippen molar-refractivity contribution >= 4 is 18.0 Å². The van der Waals surface area contributed by atoms with Gasteiger partial charge < -0.3 is 14.8 Å². The Labute approximate surface area is 99.9 Å². The van der Waals surface area contributed by atoms with E-state index in [4.69, 9.17) is 5.11 Å². The smallest absolute Gasteiger partial charge is 0.353 e. The zero-order chi connectivity index (χ0) is 13.9. The van der Waals surface area contributed by atoms with E-state index in [1.54, 1.807) is 0 Å². The van der Waals surface area contributed by atoms with E-state index in [-0.39, 0.29) is 11.1 Å². The normalized spacial score (nSPS) is 11.1. The number of ether oxygens (including phenoxy) is 1. The first-order valence-electron chi connectivity index (χ1n) is 4.73. The minimum atomic E-state index is -1.48. The largest absolute Gasteiger partial charge is 0.477 e. The van der Waals surface area contributed by atoms with Gasteiger partial charge in [0.15, 0.2) is 0 Å². The number of esters is 1. The van der Waals surface area contributed by atoms with Crippen LogP contribution in [-0.4, -0.2) is 34.1 Å². The zero-order valence-electron chi connectivity index (χ0n) is 9.57. The molecule has 1 heterocycles. The van der Waals surface area contributed by atoms with Crippen LogP contribution in [0.2, 0.25) is 0 Å². The van der Waals surface area contributed by atoms with Crippen LogP contribution in [0.5, 0.6) is 0 Å². The Morgan fingerprint density at radius 2 is 1.89 bits per heavy atom. The summed E-state index contributed by atoms with van der Waals surface area (Å²) in [6, 6.07) is 0. The summed E-state index contributed by atoms with van der Waals surface area (Å²) in [6.07, 6.45) is 1.03. The fourth-order valence-corrected chi connectivity index (χ4v) is 1.24. The summed E-state index contributed by atoms with van der Waals surface area (Å²) < 4.78 is 4.41. The number of carboxylic acid groups (broad SMARTS) is 1. The molecular formula is C10H10N2O6. The summed E-state index contributed by atoms with van der Waals surface area (Å²) in [5, 5.41) is 8.85. The summed E-state index contributed by atoms with van der Waals surface area (Å²) in [5.74, 6) is -2.20. The van der Waals surface area contributed by atoms with Crippen LogP contribution in [0.3, 0.4) is 0 Å². The number of nitrogens with one attached hydrogen (secondary N) is 2. The molecule has 0 saturated carbocycles. The number of H-pyrrole nitrogens is 2. The lowest BCUT2D eigenvalue weighted by atomic mass is 10.1. The SMILES string of the molecule is COC(=O)C(C)=Cc1c(C(=O)O)[nH]c(=O)[nH]c1=O. The predicted octanol–water partition coefficient (Wildman–Crippen LogP) is -0.662. The molecule has 18 heavy (non-hydrogen) atoms. The van der Waals surface area contributed by atoms with E-state index in [0.717, 1.165) is 13.2 Å². The number of aromatic amines is 2. The van der Waals surface area contributed by atoms with Crippen molar-refractivity contribution in [2.75, 3.05) is 7.11 Å². The molecule has 0 spiro atoms. The van der Waals surface area contributed by atoms with Crippen LogP contribution >= 0.6 is 0 Å². The van der Waals surface area contributed by atoms with E-state index in [1.165, 1.54) is 6.92 Å². The first-order valence-corrected chi connectivity index (χ1v) is 4.73. The summed E-state index contributed by atoms with van der Waals surface area (Å²) in [7, 11) is 1.15. The number of methoxy groups -OCH3 is 1. The highest BCUT2D eigenvalue weighted by Gasteiger charge is 2.15. The Morgan fingerprint density at radius 1 is 1.28 bits per heavy atom. The molecule has 1 aromatic rings. The molecule has 0 unspecified atom stereocenters. The van der Waals surface area contributed by atoms with Crippen molar-refractivity contribution in [3.05, 3.63) is 37.7 Å². The molecular weight excluding hydrogens is 244 g/mol. The Balaban J connectivity index is 3.50. The molecule has 0 bridgehead atoms. The van der Waals surface area contributed by atoms with Gasteiger partial charge in [-0.1, -0.05) is 0 Å². The molecule has 8 heteroatoms. The van der Waals surface area contributed by atoms with Gasteiger partial charge in [0.2, 0.25) is 0 Å². The number of aromatic carboxylic acids is 1. The van der Waals surface area contributed by atoms with Crippen LogP contribution in [0.25, 0.3) is 6.08 Å². The standard InChI is InChI=1S/C10H10N2O6/c1-4(9(16)18-2)3-5-6(8(14)15)11-10(17)12-7(5)13/h3H,1-2H3,(H,14,15)(H2,11,12,13,17). The second-order valence-electron chi connectivity index (χ2n) is 3.32. The summed E-state index contributed by atoms with van der Waals surface area (Å²) in [4.78, 5) is 48.3. The van der Waals surface area contributed by atoms with E-state index in [9.17, 15) is 19.2 Å². The average Bonchev–Trinajstić information content (AvgIpc) is 2.30. The number of carboxylic acids is 1. The maximum Gasteiger partial charge on any atom is 0.353 e. The van der Waals surface area contributed by atoms with E-state index >= 15 is 0 Å². The maximum absolute atomic E-state index is 11.5. The third-order valence-electron chi connectivity index (χ3n) is 2.06. The van der Waals surface area contributed by atoms with Gasteiger partial charge in [-0.25, -0.2) is 14.4 Å². The van der Waals surface area contributed by atoms with E-state index < -0.39 is 28.9 Å². The Hall–Kier alpha value is -2.64. The first-order chi connectivity index (χ1) is 8.36. The highest BCUT2D eigenvalue weighted by Crippen LogP contribution is 2.06. The highest BCUT2D eigenvalue weighted by molar-refractivity contribution is 5.96. The third-order valence-corrected chi connectivity index (χ3v) is 2.06. The topological polar surface area (TPSA) is 129 Å². The summed E-state index contributed by atoms with van der Waals surface area (Å²) in [5.41, 5.74) is -2.74. The van der Waals surface area contributed by atoms with Crippen molar-refractivity contribution in [1.82, 2.24) is 9.97 Å². The molecule has 0 aliphatic rings.